The highest BCUT2D eigenvalue weighted by Crippen LogP contribution is 2.30. The fraction of sp³-hybridized carbons (Fsp3) is 0.300. The van der Waals surface area contributed by atoms with Crippen LogP contribution in [0.4, 0.5) is 20.2 Å². The number of nitro groups is 1. The molecule has 1 N–H and O–H groups in total. The third-order valence-electron chi connectivity index (χ3n) is 2.53. The lowest BCUT2D eigenvalue weighted by atomic mass is 10.2. The molecule has 1 unspecified atom stereocenters. The molecule has 0 aromatic heterocycles. The second kappa shape index (κ2) is 4.94. The summed E-state index contributed by atoms with van der Waals surface area (Å²) in [5.41, 5.74) is -0.988. The van der Waals surface area contributed by atoms with Crippen molar-refractivity contribution >= 4 is 17.3 Å². The van der Waals surface area contributed by atoms with Crippen molar-refractivity contribution in [3.63, 3.8) is 0 Å². The molecule has 18 heavy (non-hydrogen) atoms. The molecule has 1 atom stereocenters. The predicted molar refractivity (Wildman–Crippen MR) is 58.5 cm³/mol. The lowest BCUT2D eigenvalue weighted by Gasteiger charge is -2.23. The minimum Gasteiger partial charge on any atom is -0.480 e. The van der Waals surface area contributed by atoms with Gasteiger partial charge in [-0.2, -0.15) is 0 Å². The highest BCUT2D eigenvalue weighted by Gasteiger charge is 2.26. The maximum absolute atomic E-state index is 13.1. The van der Waals surface area contributed by atoms with Crippen LogP contribution >= 0.6 is 0 Å². The molecule has 0 aliphatic heterocycles. The van der Waals surface area contributed by atoms with Gasteiger partial charge in [-0.15, -0.1) is 0 Å². The van der Waals surface area contributed by atoms with E-state index in [9.17, 15) is 23.7 Å². The number of carboxylic acid groups (broad SMARTS) is 1. The van der Waals surface area contributed by atoms with Crippen LogP contribution in [0.3, 0.4) is 0 Å². The van der Waals surface area contributed by atoms with E-state index in [0.29, 0.717) is 12.1 Å². The first-order valence-electron chi connectivity index (χ1n) is 4.84. The van der Waals surface area contributed by atoms with Crippen molar-refractivity contribution in [3.05, 3.63) is 33.9 Å². The molecule has 6 nitrogen and oxygen atoms in total. The maximum Gasteiger partial charge on any atom is 0.326 e. The van der Waals surface area contributed by atoms with E-state index < -0.39 is 34.3 Å². The zero-order valence-corrected chi connectivity index (χ0v) is 9.55. The smallest absolute Gasteiger partial charge is 0.326 e. The lowest BCUT2D eigenvalue weighted by molar-refractivity contribution is -0.384. The van der Waals surface area contributed by atoms with Gasteiger partial charge in [0, 0.05) is 13.1 Å². The second-order valence-corrected chi connectivity index (χ2v) is 3.64. The van der Waals surface area contributed by atoms with Crippen molar-refractivity contribution in [2.24, 2.45) is 0 Å². The van der Waals surface area contributed by atoms with Crippen molar-refractivity contribution < 1.29 is 23.6 Å². The van der Waals surface area contributed by atoms with Crippen LogP contribution in [0.15, 0.2) is 12.1 Å². The molecule has 0 radical (unpaired) electrons. The number of likely N-dealkylation sites (N-methyl/N-ethyl adjacent to an activating group) is 1. The summed E-state index contributed by atoms with van der Waals surface area (Å²) in [5.74, 6) is -3.88. The normalized spacial score (nSPS) is 12.0. The first-order chi connectivity index (χ1) is 8.25. The molecule has 1 rings (SSSR count). The fourth-order valence-corrected chi connectivity index (χ4v) is 1.33. The molecule has 0 saturated carbocycles. The minimum atomic E-state index is -1.36. The summed E-state index contributed by atoms with van der Waals surface area (Å²) < 4.78 is 26.0. The number of anilines is 1. The molecule has 0 fully saturated rings. The number of hydrogen-bond acceptors (Lipinski definition) is 4. The van der Waals surface area contributed by atoms with E-state index in [0.717, 1.165) is 4.90 Å². The van der Waals surface area contributed by atoms with Gasteiger partial charge in [0.2, 0.25) is 0 Å². The number of carboxylic acids is 1. The third-order valence-corrected chi connectivity index (χ3v) is 2.53. The van der Waals surface area contributed by atoms with Crippen LogP contribution in [0.1, 0.15) is 6.92 Å². The number of aliphatic carboxylic acids is 1. The summed E-state index contributed by atoms with van der Waals surface area (Å²) in [7, 11) is 1.25. The molecule has 0 aliphatic rings. The number of nitrogens with zero attached hydrogens (tertiary/aromatic N) is 2. The molecule has 0 heterocycles. The van der Waals surface area contributed by atoms with Crippen molar-refractivity contribution in [2.45, 2.75) is 13.0 Å². The van der Waals surface area contributed by atoms with Crippen molar-refractivity contribution in [1.29, 1.82) is 0 Å². The van der Waals surface area contributed by atoms with Crippen LogP contribution in [0.25, 0.3) is 0 Å². The second-order valence-electron chi connectivity index (χ2n) is 3.64. The molecule has 0 bridgehead atoms. The Bertz CT molecular complexity index is 507. The van der Waals surface area contributed by atoms with Gasteiger partial charge in [0.1, 0.15) is 11.7 Å². The number of carbonyl (C=O) groups is 1. The standard InChI is InChI=1S/C10H10F2N2O4/c1-5(10(15)16)13(2)8-3-6(11)7(12)4-9(8)14(17)18/h3-5H,1-2H3,(H,15,16). The Morgan fingerprint density at radius 2 is 1.94 bits per heavy atom. The highest BCUT2D eigenvalue weighted by molar-refractivity contribution is 5.79. The maximum atomic E-state index is 13.1. The van der Waals surface area contributed by atoms with Crippen LogP contribution in [0, 0.1) is 21.7 Å². The Hall–Kier alpha value is -2.25. The van der Waals surface area contributed by atoms with E-state index in [1.165, 1.54) is 14.0 Å². The van der Waals surface area contributed by atoms with Crippen molar-refractivity contribution in [1.82, 2.24) is 0 Å². The van der Waals surface area contributed by atoms with E-state index in [1.54, 1.807) is 0 Å². The van der Waals surface area contributed by atoms with Crippen molar-refractivity contribution in [3.8, 4) is 0 Å². The Labute approximate surface area is 101 Å². The Morgan fingerprint density at radius 3 is 2.39 bits per heavy atom. The minimum absolute atomic E-state index is 0.297. The summed E-state index contributed by atoms with van der Waals surface area (Å²) in [6, 6.07) is -0.0867. The SMILES string of the molecule is CC(C(=O)O)N(C)c1cc(F)c(F)cc1[N+](=O)[O-]. The number of rotatable bonds is 4. The molecule has 8 heteroatoms. The average molecular weight is 260 g/mol. The fourth-order valence-electron chi connectivity index (χ4n) is 1.33. The first-order valence-corrected chi connectivity index (χ1v) is 4.84. The van der Waals surface area contributed by atoms with E-state index >= 15 is 0 Å². The van der Waals surface area contributed by atoms with Crippen LogP contribution < -0.4 is 4.90 Å². The molecular weight excluding hydrogens is 250 g/mol. The number of hydrogen-bond donors (Lipinski definition) is 1. The Morgan fingerprint density at radius 1 is 1.44 bits per heavy atom. The van der Waals surface area contributed by atoms with Crippen LogP contribution in [-0.4, -0.2) is 29.1 Å². The molecular formula is C10H10F2N2O4. The van der Waals surface area contributed by atoms with Gasteiger partial charge in [-0.3, -0.25) is 10.1 Å². The summed E-state index contributed by atoms with van der Waals surface area (Å²) >= 11 is 0. The Balaban J connectivity index is 3.34. The van der Waals surface area contributed by atoms with E-state index in [1.807, 2.05) is 0 Å². The van der Waals surface area contributed by atoms with Gasteiger partial charge in [-0.1, -0.05) is 0 Å². The van der Waals surface area contributed by atoms with E-state index in [2.05, 4.69) is 0 Å². The molecule has 0 aliphatic carbocycles. The van der Waals surface area contributed by atoms with Gasteiger partial charge in [-0.25, -0.2) is 13.6 Å². The molecule has 98 valence electrons. The molecule has 1 aromatic carbocycles. The monoisotopic (exact) mass is 260 g/mol. The quantitative estimate of drug-likeness (QED) is 0.659. The zero-order chi connectivity index (χ0) is 14.0. The summed E-state index contributed by atoms with van der Waals surface area (Å²) in [6.45, 7) is 1.27. The largest absolute Gasteiger partial charge is 0.480 e. The molecule has 0 saturated heterocycles. The summed E-state index contributed by atoms with van der Waals surface area (Å²) in [5, 5.41) is 19.5. The molecule has 1 aromatic rings. The van der Waals surface area contributed by atoms with E-state index in [-0.39, 0.29) is 5.69 Å². The van der Waals surface area contributed by atoms with Gasteiger partial charge in [0.25, 0.3) is 5.69 Å². The lowest BCUT2D eigenvalue weighted by Crippen LogP contribution is -2.36. The summed E-state index contributed by atoms with van der Waals surface area (Å²) in [4.78, 5) is 21.6. The topological polar surface area (TPSA) is 83.7 Å². The highest BCUT2D eigenvalue weighted by atomic mass is 19.2. The molecule has 0 spiro atoms. The zero-order valence-electron chi connectivity index (χ0n) is 9.55. The number of benzene rings is 1. The van der Waals surface area contributed by atoms with Crippen LogP contribution in [0.2, 0.25) is 0 Å². The average Bonchev–Trinajstić information content (AvgIpc) is 2.29. The predicted octanol–water partition coefficient (Wildman–Crippen LogP) is 1.78. The Kier molecular flexibility index (Phi) is 3.79. The number of nitro benzene ring substituents is 1. The van der Waals surface area contributed by atoms with Gasteiger partial charge in [-0.05, 0) is 6.92 Å². The van der Waals surface area contributed by atoms with Crippen molar-refractivity contribution in [2.75, 3.05) is 11.9 Å². The van der Waals surface area contributed by atoms with Gasteiger partial charge >= 0.3 is 5.97 Å². The van der Waals surface area contributed by atoms with Crippen LogP contribution in [0.5, 0.6) is 0 Å². The van der Waals surface area contributed by atoms with Crippen LogP contribution in [-0.2, 0) is 4.79 Å². The van der Waals surface area contributed by atoms with Gasteiger partial charge < -0.3 is 10.0 Å². The van der Waals surface area contributed by atoms with E-state index in [4.69, 9.17) is 5.11 Å². The number of halogens is 2. The third kappa shape index (κ3) is 2.53. The van der Waals surface area contributed by atoms with Gasteiger partial charge in [0.05, 0.1) is 11.0 Å². The first kappa shape index (κ1) is 13.8. The summed E-state index contributed by atoms with van der Waals surface area (Å²) in [6.07, 6.45) is 0. The van der Waals surface area contributed by atoms with Gasteiger partial charge in [0.15, 0.2) is 11.6 Å². The molecule has 0 amide bonds.